The van der Waals surface area contributed by atoms with E-state index in [0.717, 1.165) is 58.0 Å². The van der Waals surface area contributed by atoms with Crippen molar-refractivity contribution in [3.05, 3.63) is 214 Å². The zero-order valence-electron chi connectivity index (χ0n) is 31.2. The molecule has 0 amide bonds. The highest BCUT2D eigenvalue weighted by Crippen LogP contribution is 2.62. The number of hydrogen-bond acceptors (Lipinski definition) is 4. The van der Waals surface area contributed by atoms with Gasteiger partial charge in [-0.1, -0.05) is 133 Å². The minimum absolute atomic E-state index is 0.340. The molecule has 56 heavy (non-hydrogen) atoms. The quantitative estimate of drug-likeness (QED) is 0.0975. The molecule has 0 radical (unpaired) electrons. The molecule has 3 unspecified atom stereocenters. The number of rotatable bonds is 7. The molecule has 4 aliphatic rings. The lowest BCUT2D eigenvalue weighted by molar-refractivity contribution is 0.281. The van der Waals surface area contributed by atoms with Gasteiger partial charge in [0.05, 0.1) is 18.0 Å². The average Bonchev–Trinajstić information content (AvgIpc) is 3.85. The lowest BCUT2D eigenvalue weighted by atomic mass is 9.65. The molecule has 10 rings (SSSR count). The highest BCUT2D eigenvalue weighted by molar-refractivity contribution is 6.11. The van der Waals surface area contributed by atoms with Gasteiger partial charge in [0.1, 0.15) is 17.4 Å². The van der Waals surface area contributed by atoms with Crippen LogP contribution in [0, 0.1) is 0 Å². The zero-order chi connectivity index (χ0) is 37.8. The third-order valence-corrected chi connectivity index (χ3v) is 11.8. The number of amidine groups is 2. The number of hydrogen-bond donors (Lipinski definition) is 2. The van der Waals surface area contributed by atoms with Crippen LogP contribution < -0.4 is 11.5 Å². The summed E-state index contributed by atoms with van der Waals surface area (Å²) in [6.07, 6.45) is 3.52. The molecular formula is C50H41N5O. The third-order valence-electron chi connectivity index (χ3n) is 11.8. The van der Waals surface area contributed by atoms with Gasteiger partial charge in [-0.25, -0.2) is 4.99 Å². The Bertz CT molecular complexity index is 2690. The van der Waals surface area contributed by atoms with Gasteiger partial charge in [-0.2, -0.15) is 0 Å². The van der Waals surface area contributed by atoms with Crippen LogP contribution in [0.4, 0.5) is 0 Å². The third kappa shape index (κ3) is 5.52. The van der Waals surface area contributed by atoms with Crippen molar-refractivity contribution in [2.24, 2.45) is 21.5 Å². The summed E-state index contributed by atoms with van der Waals surface area (Å²) in [6, 6.07) is 53.5. The van der Waals surface area contributed by atoms with Gasteiger partial charge in [0.25, 0.3) is 0 Å². The van der Waals surface area contributed by atoms with E-state index in [-0.39, 0.29) is 0 Å². The number of nitrogens with zero attached hydrogens (tertiary/aromatic N) is 3. The first-order valence-corrected chi connectivity index (χ1v) is 19.2. The lowest BCUT2D eigenvalue weighted by Crippen LogP contribution is -2.36. The molecule has 1 saturated heterocycles. The zero-order valence-corrected chi connectivity index (χ0v) is 31.2. The van der Waals surface area contributed by atoms with Gasteiger partial charge >= 0.3 is 0 Å². The molecule has 6 heteroatoms. The van der Waals surface area contributed by atoms with Crippen molar-refractivity contribution >= 4 is 11.7 Å². The molecule has 3 heterocycles. The summed E-state index contributed by atoms with van der Waals surface area (Å²) in [7, 11) is 0. The van der Waals surface area contributed by atoms with E-state index >= 15 is 0 Å². The molecule has 6 aromatic carbocycles. The number of fused-ring (bicyclic) bond motifs is 8. The van der Waals surface area contributed by atoms with Crippen molar-refractivity contribution in [1.82, 2.24) is 4.90 Å². The molecule has 1 aliphatic carbocycles. The van der Waals surface area contributed by atoms with Crippen LogP contribution in [0.3, 0.4) is 0 Å². The number of aliphatic imine (C=N–C) groups is 2. The molecule has 0 saturated carbocycles. The van der Waals surface area contributed by atoms with Crippen molar-refractivity contribution in [1.29, 1.82) is 0 Å². The van der Waals surface area contributed by atoms with Crippen LogP contribution in [0.15, 0.2) is 197 Å². The molecular weight excluding hydrogens is 687 g/mol. The second-order valence-electron chi connectivity index (χ2n) is 14.9. The van der Waals surface area contributed by atoms with E-state index < -0.39 is 5.41 Å². The Morgan fingerprint density at radius 1 is 0.732 bits per heavy atom. The number of allylic oxidation sites excluding steroid dienone is 2. The van der Waals surface area contributed by atoms with E-state index in [9.17, 15) is 0 Å². The molecule has 3 atom stereocenters. The molecule has 0 bridgehead atoms. The molecule has 0 aromatic heterocycles. The maximum absolute atomic E-state index is 6.65. The van der Waals surface area contributed by atoms with Gasteiger partial charge in [0, 0.05) is 29.8 Å². The molecule has 3 aliphatic heterocycles. The predicted octanol–water partition coefficient (Wildman–Crippen LogP) is 9.37. The first kappa shape index (κ1) is 33.8. The summed E-state index contributed by atoms with van der Waals surface area (Å²) < 4.78 is 6.65. The molecule has 1 fully saturated rings. The summed E-state index contributed by atoms with van der Waals surface area (Å²) >= 11 is 0. The summed E-state index contributed by atoms with van der Waals surface area (Å²) in [5.74, 6) is 2.96. The lowest BCUT2D eigenvalue weighted by Gasteiger charge is -2.40. The highest BCUT2D eigenvalue weighted by Gasteiger charge is 2.59. The largest absolute Gasteiger partial charge is 0.460 e. The van der Waals surface area contributed by atoms with Gasteiger partial charge in [0.15, 0.2) is 5.84 Å². The number of ether oxygens (including phenoxy) is 1. The van der Waals surface area contributed by atoms with E-state index in [1.165, 1.54) is 39.0 Å². The molecule has 6 aromatic rings. The van der Waals surface area contributed by atoms with Crippen molar-refractivity contribution in [3.63, 3.8) is 0 Å². The van der Waals surface area contributed by atoms with Crippen LogP contribution >= 0.6 is 0 Å². The van der Waals surface area contributed by atoms with Crippen molar-refractivity contribution in [2.75, 3.05) is 13.1 Å². The summed E-state index contributed by atoms with van der Waals surface area (Å²) in [4.78, 5) is 12.4. The number of nitrogens with two attached hydrogens (primary N) is 2. The van der Waals surface area contributed by atoms with E-state index in [1.54, 1.807) is 6.20 Å². The van der Waals surface area contributed by atoms with Gasteiger partial charge in [-0.15, -0.1) is 0 Å². The monoisotopic (exact) mass is 727 g/mol. The fourth-order valence-electron chi connectivity index (χ4n) is 9.00. The maximum Gasteiger partial charge on any atom is 0.157 e. The first-order valence-electron chi connectivity index (χ1n) is 19.2. The normalized spacial score (nSPS) is 20.9. The summed E-state index contributed by atoms with van der Waals surface area (Å²) in [5.41, 5.74) is 27.2. The van der Waals surface area contributed by atoms with Gasteiger partial charge in [-0.3, -0.25) is 9.89 Å². The summed E-state index contributed by atoms with van der Waals surface area (Å²) in [5, 5.41) is 0. The minimum atomic E-state index is -0.429. The Hall–Kier alpha value is -6.76. The molecule has 272 valence electrons. The summed E-state index contributed by atoms with van der Waals surface area (Å²) in [6.45, 7) is 4.66. The maximum atomic E-state index is 6.65. The first-order chi connectivity index (χ1) is 27.5. The average molecular weight is 728 g/mol. The number of benzene rings is 6. The van der Waals surface area contributed by atoms with Crippen LogP contribution in [-0.2, 0) is 16.7 Å². The second-order valence-corrected chi connectivity index (χ2v) is 14.9. The van der Waals surface area contributed by atoms with Crippen molar-refractivity contribution in [3.8, 4) is 33.4 Å². The molecule has 1 spiro atoms. The molecule has 6 nitrogen and oxygen atoms in total. The predicted molar refractivity (Wildman–Crippen MR) is 227 cm³/mol. The van der Waals surface area contributed by atoms with Crippen molar-refractivity contribution < 1.29 is 4.74 Å². The topological polar surface area (TPSA) is 89.0 Å². The SMILES string of the molecule is CC1=C(/C=C\N)OC2=C(CN3CC23)C12c1ccccc1-c1ccc(-c3cccc(-c4cccc(C(/N=C(\N)c5ccccc5)=N/Cc5ccccc5)c4)c3)cc12. The van der Waals surface area contributed by atoms with Gasteiger partial charge < -0.3 is 16.2 Å². The fourth-order valence-corrected chi connectivity index (χ4v) is 9.00. The van der Waals surface area contributed by atoms with Gasteiger partial charge in [-0.05, 0) is 93.0 Å². The fraction of sp³-hybridized carbons (Fsp3) is 0.120. The van der Waals surface area contributed by atoms with Crippen LogP contribution in [0.5, 0.6) is 0 Å². The van der Waals surface area contributed by atoms with Crippen LogP contribution in [0.2, 0.25) is 0 Å². The Labute approximate surface area is 327 Å². The van der Waals surface area contributed by atoms with E-state index in [1.807, 2.05) is 54.6 Å². The second kappa shape index (κ2) is 13.5. The standard InChI is InChI=1S/C50H41N5O/c1-32-46(24-25-51)56-47-44(30-55-31-45(47)55)50(32)42-21-9-8-20-40(42)41-23-22-38(28-43(41)50)36-17-10-16-35(26-36)37-18-11-19-39(27-37)49(53-29-33-12-4-2-5-13-33)54-48(52)34-14-6-3-7-15-34/h2-28,45H,29-31,51H2,1H3,(H2,52,53,54)/b25-24-. The van der Waals surface area contributed by atoms with Crippen molar-refractivity contribution in [2.45, 2.75) is 24.9 Å². The minimum Gasteiger partial charge on any atom is -0.460 e. The Balaban J connectivity index is 1.06. The van der Waals surface area contributed by atoms with Crippen LogP contribution in [0.25, 0.3) is 33.4 Å². The van der Waals surface area contributed by atoms with E-state index in [4.69, 9.17) is 26.2 Å². The highest BCUT2D eigenvalue weighted by atomic mass is 16.5. The smallest absolute Gasteiger partial charge is 0.157 e. The van der Waals surface area contributed by atoms with E-state index in [0.29, 0.717) is 24.3 Å². The Kier molecular flexibility index (Phi) is 8.15. The Morgan fingerprint density at radius 2 is 1.39 bits per heavy atom. The van der Waals surface area contributed by atoms with E-state index in [2.05, 4.69) is 115 Å². The van der Waals surface area contributed by atoms with Crippen LogP contribution in [0.1, 0.15) is 34.7 Å². The molecule has 4 N–H and O–H groups in total. The van der Waals surface area contributed by atoms with Crippen LogP contribution in [-0.4, -0.2) is 35.7 Å². The van der Waals surface area contributed by atoms with Gasteiger partial charge in [0.2, 0.25) is 0 Å². The Morgan fingerprint density at radius 3 is 2.18 bits per heavy atom.